The minimum absolute atomic E-state index is 0.0221. The monoisotopic (exact) mass is 242 g/mol. The SMILES string of the molecule is CCC(c1ccccc1)C(NN)c1cnccn1. The lowest BCUT2D eigenvalue weighted by molar-refractivity contribution is 0.435. The van der Waals surface area contributed by atoms with E-state index in [1.807, 2.05) is 18.2 Å². The number of nitrogens with zero attached hydrogens (tertiary/aromatic N) is 2. The topological polar surface area (TPSA) is 63.8 Å². The van der Waals surface area contributed by atoms with E-state index >= 15 is 0 Å². The summed E-state index contributed by atoms with van der Waals surface area (Å²) in [5, 5.41) is 0. The van der Waals surface area contributed by atoms with E-state index in [1.54, 1.807) is 18.6 Å². The second kappa shape index (κ2) is 6.23. The maximum atomic E-state index is 5.70. The molecule has 2 atom stereocenters. The standard InChI is InChI=1S/C14H18N4/c1-2-12(11-6-4-3-5-7-11)14(18-15)13-10-16-8-9-17-13/h3-10,12,14,18H,2,15H2,1H3. The predicted octanol–water partition coefficient (Wildman–Crippen LogP) is 2.17. The van der Waals surface area contributed by atoms with Crippen molar-refractivity contribution in [2.75, 3.05) is 0 Å². The molecule has 3 N–H and O–H groups in total. The number of nitrogens with two attached hydrogens (primary N) is 1. The van der Waals surface area contributed by atoms with Crippen molar-refractivity contribution < 1.29 is 0 Å². The molecule has 1 aromatic heterocycles. The summed E-state index contributed by atoms with van der Waals surface area (Å²) < 4.78 is 0. The molecule has 0 spiro atoms. The molecule has 0 aliphatic rings. The van der Waals surface area contributed by atoms with Crippen LogP contribution in [0.5, 0.6) is 0 Å². The van der Waals surface area contributed by atoms with E-state index in [9.17, 15) is 0 Å². The molecule has 2 rings (SSSR count). The summed E-state index contributed by atoms with van der Waals surface area (Å²) >= 11 is 0. The average Bonchev–Trinajstić information content (AvgIpc) is 2.46. The Hall–Kier alpha value is -1.78. The van der Waals surface area contributed by atoms with Gasteiger partial charge in [-0.25, -0.2) is 0 Å². The van der Waals surface area contributed by atoms with Crippen molar-refractivity contribution >= 4 is 0 Å². The molecule has 0 saturated carbocycles. The van der Waals surface area contributed by atoms with Crippen LogP contribution in [0.2, 0.25) is 0 Å². The summed E-state index contributed by atoms with van der Waals surface area (Å²) in [4.78, 5) is 8.45. The summed E-state index contributed by atoms with van der Waals surface area (Å²) in [5.41, 5.74) is 4.99. The van der Waals surface area contributed by atoms with Gasteiger partial charge in [-0.1, -0.05) is 37.3 Å². The Morgan fingerprint density at radius 3 is 2.56 bits per heavy atom. The Kier molecular flexibility index (Phi) is 4.39. The highest BCUT2D eigenvalue weighted by Crippen LogP contribution is 2.31. The zero-order valence-corrected chi connectivity index (χ0v) is 10.5. The van der Waals surface area contributed by atoms with E-state index in [2.05, 4.69) is 34.5 Å². The summed E-state index contributed by atoms with van der Waals surface area (Å²) in [6.45, 7) is 2.15. The number of benzene rings is 1. The van der Waals surface area contributed by atoms with Gasteiger partial charge >= 0.3 is 0 Å². The van der Waals surface area contributed by atoms with Gasteiger partial charge in [0.15, 0.2) is 0 Å². The first-order valence-electron chi connectivity index (χ1n) is 6.13. The van der Waals surface area contributed by atoms with E-state index in [4.69, 9.17) is 5.84 Å². The zero-order valence-electron chi connectivity index (χ0n) is 10.5. The molecular weight excluding hydrogens is 224 g/mol. The van der Waals surface area contributed by atoms with Crippen molar-refractivity contribution in [1.29, 1.82) is 0 Å². The smallest absolute Gasteiger partial charge is 0.0775 e. The molecule has 0 aliphatic heterocycles. The van der Waals surface area contributed by atoms with E-state index in [1.165, 1.54) is 5.56 Å². The number of hydrazine groups is 1. The van der Waals surface area contributed by atoms with Crippen LogP contribution < -0.4 is 11.3 Å². The largest absolute Gasteiger partial charge is 0.271 e. The van der Waals surface area contributed by atoms with Gasteiger partial charge in [-0.3, -0.25) is 21.2 Å². The first-order valence-corrected chi connectivity index (χ1v) is 6.13. The Balaban J connectivity index is 2.31. The average molecular weight is 242 g/mol. The van der Waals surface area contributed by atoms with Crippen molar-refractivity contribution in [2.45, 2.75) is 25.3 Å². The number of hydrogen-bond donors (Lipinski definition) is 2. The van der Waals surface area contributed by atoms with E-state index < -0.39 is 0 Å². The summed E-state index contributed by atoms with van der Waals surface area (Å²) in [5.74, 6) is 5.99. The fourth-order valence-corrected chi connectivity index (χ4v) is 2.24. The molecule has 0 fully saturated rings. The van der Waals surface area contributed by atoms with Gasteiger partial charge in [-0.15, -0.1) is 0 Å². The Labute approximate surface area is 107 Å². The Morgan fingerprint density at radius 2 is 2.00 bits per heavy atom. The Bertz CT molecular complexity index is 412. The van der Waals surface area contributed by atoms with Crippen LogP contribution in [-0.2, 0) is 0 Å². The minimum Gasteiger partial charge on any atom is -0.271 e. The first-order chi connectivity index (χ1) is 8.86. The normalized spacial score (nSPS) is 14.1. The number of aromatic nitrogens is 2. The molecule has 0 radical (unpaired) electrons. The molecule has 94 valence electrons. The second-order valence-electron chi connectivity index (χ2n) is 4.20. The lowest BCUT2D eigenvalue weighted by atomic mass is 9.88. The lowest BCUT2D eigenvalue weighted by Gasteiger charge is -2.25. The van der Waals surface area contributed by atoms with Gasteiger partial charge in [0, 0.05) is 18.3 Å². The van der Waals surface area contributed by atoms with Gasteiger partial charge in [0.25, 0.3) is 0 Å². The highest BCUT2D eigenvalue weighted by atomic mass is 15.2. The summed E-state index contributed by atoms with van der Waals surface area (Å²) in [7, 11) is 0. The van der Waals surface area contributed by atoms with Crippen molar-refractivity contribution in [3.8, 4) is 0 Å². The molecular formula is C14H18N4. The lowest BCUT2D eigenvalue weighted by Crippen LogP contribution is -2.33. The van der Waals surface area contributed by atoms with Gasteiger partial charge in [0.2, 0.25) is 0 Å². The van der Waals surface area contributed by atoms with Crippen LogP contribution in [0.4, 0.5) is 0 Å². The molecule has 0 aliphatic carbocycles. The van der Waals surface area contributed by atoms with Crippen LogP contribution in [0.15, 0.2) is 48.9 Å². The maximum absolute atomic E-state index is 5.70. The van der Waals surface area contributed by atoms with Gasteiger partial charge in [0.05, 0.1) is 17.9 Å². The molecule has 2 unspecified atom stereocenters. The minimum atomic E-state index is -0.0221. The Morgan fingerprint density at radius 1 is 1.22 bits per heavy atom. The van der Waals surface area contributed by atoms with Crippen LogP contribution >= 0.6 is 0 Å². The van der Waals surface area contributed by atoms with Gasteiger partial charge in [-0.05, 0) is 12.0 Å². The molecule has 0 saturated heterocycles. The molecule has 18 heavy (non-hydrogen) atoms. The van der Waals surface area contributed by atoms with Crippen molar-refractivity contribution in [3.05, 3.63) is 60.2 Å². The van der Waals surface area contributed by atoms with Crippen molar-refractivity contribution in [3.63, 3.8) is 0 Å². The van der Waals surface area contributed by atoms with Crippen LogP contribution in [-0.4, -0.2) is 9.97 Å². The van der Waals surface area contributed by atoms with Crippen LogP contribution in [0.25, 0.3) is 0 Å². The number of hydrogen-bond acceptors (Lipinski definition) is 4. The van der Waals surface area contributed by atoms with Gasteiger partial charge < -0.3 is 0 Å². The van der Waals surface area contributed by atoms with E-state index in [-0.39, 0.29) is 12.0 Å². The number of rotatable bonds is 5. The van der Waals surface area contributed by atoms with Gasteiger partial charge in [-0.2, -0.15) is 0 Å². The summed E-state index contributed by atoms with van der Waals surface area (Å²) in [6, 6.07) is 10.3. The highest BCUT2D eigenvalue weighted by Gasteiger charge is 2.23. The molecule has 1 aromatic carbocycles. The fourth-order valence-electron chi connectivity index (χ4n) is 2.24. The quantitative estimate of drug-likeness (QED) is 0.623. The second-order valence-corrected chi connectivity index (χ2v) is 4.20. The van der Waals surface area contributed by atoms with Crippen LogP contribution in [0.3, 0.4) is 0 Å². The highest BCUT2D eigenvalue weighted by molar-refractivity contribution is 5.23. The molecule has 1 heterocycles. The number of nitrogens with one attached hydrogen (secondary N) is 1. The predicted molar refractivity (Wildman–Crippen MR) is 71.6 cm³/mol. The molecule has 2 aromatic rings. The van der Waals surface area contributed by atoms with Crippen molar-refractivity contribution in [2.24, 2.45) is 5.84 Å². The molecule has 4 nitrogen and oxygen atoms in total. The fraction of sp³-hybridized carbons (Fsp3) is 0.286. The maximum Gasteiger partial charge on any atom is 0.0775 e. The molecule has 4 heteroatoms. The summed E-state index contributed by atoms with van der Waals surface area (Å²) in [6.07, 6.45) is 6.10. The van der Waals surface area contributed by atoms with Crippen LogP contribution in [0.1, 0.15) is 36.6 Å². The molecule has 0 amide bonds. The van der Waals surface area contributed by atoms with Crippen molar-refractivity contribution in [1.82, 2.24) is 15.4 Å². The van der Waals surface area contributed by atoms with E-state index in [0.717, 1.165) is 12.1 Å². The third-order valence-electron chi connectivity index (χ3n) is 3.15. The third kappa shape index (κ3) is 2.72. The molecule has 0 bridgehead atoms. The van der Waals surface area contributed by atoms with Crippen LogP contribution in [0, 0.1) is 0 Å². The van der Waals surface area contributed by atoms with Gasteiger partial charge in [0.1, 0.15) is 0 Å². The van der Waals surface area contributed by atoms with E-state index in [0.29, 0.717) is 0 Å². The third-order valence-corrected chi connectivity index (χ3v) is 3.15. The first kappa shape index (κ1) is 12.7. The zero-order chi connectivity index (χ0) is 12.8.